The fourth-order valence-electron chi connectivity index (χ4n) is 3.06. The van der Waals surface area contributed by atoms with Crippen LogP contribution < -0.4 is 10.5 Å². The number of nitrogen functional groups attached to an aromatic ring is 1. The molecule has 3 rings (SSSR count). The average molecular weight is 282 g/mol. The van der Waals surface area contributed by atoms with Crippen LogP contribution in [0, 0.1) is 0 Å². The molecule has 0 saturated carbocycles. The Morgan fingerprint density at radius 1 is 1.19 bits per heavy atom. The van der Waals surface area contributed by atoms with Gasteiger partial charge in [-0.2, -0.15) is 0 Å². The lowest BCUT2D eigenvalue weighted by molar-refractivity contribution is 0.326. The van der Waals surface area contributed by atoms with Gasteiger partial charge < -0.3 is 10.5 Å². The number of benzene rings is 2. The van der Waals surface area contributed by atoms with Crippen LogP contribution >= 0.6 is 0 Å². The Balaban J connectivity index is 1.67. The van der Waals surface area contributed by atoms with Gasteiger partial charge in [-0.25, -0.2) is 0 Å². The molecular formula is C18H22N2O. The molecule has 110 valence electrons. The van der Waals surface area contributed by atoms with Crippen molar-refractivity contribution in [1.29, 1.82) is 0 Å². The minimum atomic E-state index is 0.637. The van der Waals surface area contributed by atoms with Gasteiger partial charge >= 0.3 is 0 Å². The Labute approximate surface area is 126 Å². The van der Waals surface area contributed by atoms with E-state index >= 15 is 0 Å². The molecule has 3 heteroatoms. The summed E-state index contributed by atoms with van der Waals surface area (Å²) in [7, 11) is 1.69. The summed E-state index contributed by atoms with van der Waals surface area (Å²) in [6.45, 7) is 3.11. The molecule has 1 heterocycles. The summed E-state index contributed by atoms with van der Waals surface area (Å²) in [5.41, 5.74) is 9.53. The molecule has 1 unspecified atom stereocenters. The number of nitrogens with two attached hydrogens (primary N) is 1. The quantitative estimate of drug-likeness (QED) is 0.875. The highest BCUT2D eigenvalue weighted by Gasteiger charge is 2.24. The maximum absolute atomic E-state index is 6.09. The number of ether oxygens (including phenoxy) is 1. The van der Waals surface area contributed by atoms with Crippen LogP contribution in [0.2, 0.25) is 0 Å². The zero-order chi connectivity index (χ0) is 14.7. The van der Waals surface area contributed by atoms with E-state index in [-0.39, 0.29) is 0 Å². The van der Waals surface area contributed by atoms with Crippen molar-refractivity contribution in [1.82, 2.24) is 4.90 Å². The second kappa shape index (κ2) is 6.19. The zero-order valence-electron chi connectivity index (χ0n) is 12.5. The van der Waals surface area contributed by atoms with Gasteiger partial charge in [0.1, 0.15) is 5.75 Å². The first-order valence-electron chi connectivity index (χ1n) is 7.46. The van der Waals surface area contributed by atoms with Gasteiger partial charge in [0.25, 0.3) is 0 Å². The lowest BCUT2D eigenvalue weighted by Crippen LogP contribution is -2.20. The highest BCUT2D eigenvalue weighted by atomic mass is 16.5. The van der Waals surface area contributed by atoms with E-state index in [1.54, 1.807) is 7.11 Å². The third kappa shape index (κ3) is 3.19. The van der Waals surface area contributed by atoms with E-state index in [4.69, 9.17) is 10.5 Å². The summed E-state index contributed by atoms with van der Waals surface area (Å²) < 4.78 is 5.29. The van der Waals surface area contributed by atoms with Gasteiger partial charge in [0.15, 0.2) is 0 Å². The fourth-order valence-corrected chi connectivity index (χ4v) is 3.06. The number of nitrogens with zero attached hydrogens (tertiary/aromatic N) is 1. The van der Waals surface area contributed by atoms with Crippen molar-refractivity contribution >= 4 is 5.69 Å². The van der Waals surface area contributed by atoms with Gasteiger partial charge in [-0.3, -0.25) is 4.90 Å². The average Bonchev–Trinajstić information content (AvgIpc) is 2.99. The van der Waals surface area contributed by atoms with Crippen LogP contribution in [0.4, 0.5) is 5.69 Å². The Morgan fingerprint density at radius 2 is 2.00 bits per heavy atom. The monoisotopic (exact) mass is 282 g/mol. The van der Waals surface area contributed by atoms with Crippen molar-refractivity contribution < 1.29 is 4.74 Å². The van der Waals surface area contributed by atoms with Gasteiger partial charge in [-0.15, -0.1) is 0 Å². The Hall–Kier alpha value is -2.00. The van der Waals surface area contributed by atoms with E-state index < -0.39 is 0 Å². The first-order chi connectivity index (χ1) is 10.3. The second-order valence-electron chi connectivity index (χ2n) is 5.70. The molecular weight excluding hydrogens is 260 g/mol. The zero-order valence-corrected chi connectivity index (χ0v) is 12.5. The van der Waals surface area contributed by atoms with Crippen LogP contribution in [0.25, 0.3) is 0 Å². The molecule has 1 aliphatic heterocycles. The lowest BCUT2D eigenvalue weighted by Gasteiger charge is -2.18. The van der Waals surface area contributed by atoms with Crippen LogP contribution in [0.1, 0.15) is 23.5 Å². The van der Waals surface area contributed by atoms with E-state index in [0.29, 0.717) is 5.92 Å². The smallest absolute Gasteiger partial charge is 0.119 e. The van der Waals surface area contributed by atoms with Crippen molar-refractivity contribution in [3.05, 3.63) is 59.7 Å². The predicted molar refractivity (Wildman–Crippen MR) is 86.5 cm³/mol. The normalized spacial score (nSPS) is 18.8. The summed E-state index contributed by atoms with van der Waals surface area (Å²) in [6, 6.07) is 16.7. The minimum Gasteiger partial charge on any atom is -0.497 e. The van der Waals surface area contributed by atoms with Crippen molar-refractivity contribution in [3.63, 3.8) is 0 Å². The summed E-state index contributed by atoms with van der Waals surface area (Å²) in [5.74, 6) is 1.51. The van der Waals surface area contributed by atoms with Crippen LogP contribution in [0.3, 0.4) is 0 Å². The van der Waals surface area contributed by atoms with Crippen LogP contribution in [-0.2, 0) is 6.54 Å². The predicted octanol–water partition coefficient (Wildman–Crippen LogP) is 3.27. The first-order valence-corrected chi connectivity index (χ1v) is 7.46. The molecule has 21 heavy (non-hydrogen) atoms. The van der Waals surface area contributed by atoms with Gasteiger partial charge in [0.05, 0.1) is 7.11 Å². The molecule has 3 nitrogen and oxygen atoms in total. The number of anilines is 1. The molecule has 2 aromatic carbocycles. The van der Waals surface area contributed by atoms with Crippen LogP contribution in [-0.4, -0.2) is 25.1 Å². The van der Waals surface area contributed by atoms with Crippen molar-refractivity contribution in [2.75, 3.05) is 25.9 Å². The molecule has 1 atom stereocenters. The highest BCUT2D eigenvalue weighted by Crippen LogP contribution is 2.29. The molecule has 1 aliphatic rings. The van der Waals surface area contributed by atoms with Crippen LogP contribution in [0.15, 0.2) is 48.5 Å². The minimum absolute atomic E-state index is 0.637. The van der Waals surface area contributed by atoms with Crippen molar-refractivity contribution in [2.45, 2.75) is 18.9 Å². The largest absolute Gasteiger partial charge is 0.497 e. The number of rotatable bonds is 4. The maximum atomic E-state index is 6.09. The fraction of sp³-hybridized carbons (Fsp3) is 0.333. The van der Waals surface area contributed by atoms with Gasteiger partial charge in [-0.1, -0.05) is 30.3 Å². The summed E-state index contributed by atoms with van der Waals surface area (Å²) >= 11 is 0. The molecule has 0 aromatic heterocycles. The molecule has 0 amide bonds. The number of likely N-dealkylation sites (tertiary alicyclic amines) is 1. The summed E-state index contributed by atoms with van der Waals surface area (Å²) in [6.07, 6.45) is 1.22. The molecule has 0 spiro atoms. The Kier molecular flexibility index (Phi) is 4.11. The van der Waals surface area contributed by atoms with Gasteiger partial charge in [-0.05, 0) is 48.2 Å². The summed E-state index contributed by atoms with van der Waals surface area (Å²) in [5, 5.41) is 0. The Bertz CT molecular complexity index is 597. The number of hydrogen-bond acceptors (Lipinski definition) is 3. The number of hydrogen-bond donors (Lipinski definition) is 1. The maximum Gasteiger partial charge on any atom is 0.119 e. The first kappa shape index (κ1) is 14.0. The molecule has 0 aliphatic carbocycles. The van der Waals surface area contributed by atoms with Crippen molar-refractivity contribution in [3.8, 4) is 5.75 Å². The third-order valence-electron chi connectivity index (χ3n) is 4.29. The molecule has 0 radical (unpaired) electrons. The van der Waals surface area contributed by atoms with Crippen molar-refractivity contribution in [2.24, 2.45) is 0 Å². The highest BCUT2D eigenvalue weighted by molar-refractivity contribution is 5.50. The Morgan fingerprint density at radius 3 is 2.76 bits per heavy atom. The molecule has 1 fully saturated rings. The number of methoxy groups -OCH3 is 1. The summed E-state index contributed by atoms with van der Waals surface area (Å²) in [4.78, 5) is 2.48. The standard InChI is InChI=1S/C18H22N2O/c1-21-17-7-8-18(19)16(11-17)13-20-10-9-15(12-20)14-5-3-2-4-6-14/h2-8,11,15H,9-10,12-13,19H2,1H3. The van der Waals surface area contributed by atoms with Crippen LogP contribution in [0.5, 0.6) is 5.75 Å². The van der Waals surface area contributed by atoms with E-state index in [0.717, 1.165) is 36.6 Å². The van der Waals surface area contributed by atoms with Gasteiger partial charge in [0.2, 0.25) is 0 Å². The molecule has 0 bridgehead atoms. The SMILES string of the molecule is COc1ccc(N)c(CN2CCC(c3ccccc3)C2)c1. The van der Waals surface area contributed by atoms with E-state index in [1.165, 1.54) is 12.0 Å². The van der Waals surface area contributed by atoms with Gasteiger partial charge in [0, 0.05) is 18.8 Å². The van der Waals surface area contributed by atoms with E-state index in [2.05, 4.69) is 35.2 Å². The lowest BCUT2D eigenvalue weighted by atomic mass is 9.99. The van der Waals surface area contributed by atoms with E-state index in [9.17, 15) is 0 Å². The molecule has 2 N–H and O–H groups in total. The molecule has 2 aromatic rings. The molecule has 1 saturated heterocycles. The topological polar surface area (TPSA) is 38.5 Å². The second-order valence-corrected chi connectivity index (χ2v) is 5.70. The van der Waals surface area contributed by atoms with E-state index in [1.807, 2.05) is 18.2 Å². The third-order valence-corrected chi connectivity index (χ3v) is 4.29.